The van der Waals surface area contributed by atoms with Gasteiger partial charge in [0.1, 0.15) is 0 Å². The lowest BCUT2D eigenvalue weighted by atomic mass is 10.3. The van der Waals surface area contributed by atoms with Gasteiger partial charge in [0.15, 0.2) is 5.76 Å². The van der Waals surface area contributed by atoms with Gasteiger partial charge in [0.05, 0.1) is 11.9 Å². The second-order valence-corrected chi connectivity index (χ2v) is 3.50. The van der Waals surface area contributed by atoms with Crippen molar-refractivity contribution in [1.29, 1.82) is 0 Å². The molecule has 1 aliphatic rings. The van der Waals surface area contributed by atoms with Crippen LogP contribution in [0.3, 0.4) is 0 Å². The molecule has 2 rings (SSSR count). The minimum atomic E-state index is 0.680. The van der Waals surface area contributed by atoms with E-state index in [0.29, 0.717) is 5.69 Å². The van der Waals surface area contributed by atoms with Crippen molar-refractivity contribution in [1.82, 2.24) is 10.1 Å². The molecule has 2 heterocycles. The molecule has 4 nitrogen and oxygen atoms in total. The van der Waals surface area contributed by atoms with E-state index in [4.69, 9.17) is 10.3 Å². The lowest BCUT2D eigenvalue weighted by Gasteiger charge is -2.12. The quantitative estimate of drug-likeness (QED) is 0.752. The highest BCUT2D eigenvalue weighted by Crippen LogP contribution is 2.13. The Morgan fingerprint density at radius 2 is 2.23 bits per heavy atom. The van der Waals surface area contributed by atoms with Crippen LogP contribution in [0.2, 0.25) is 0 Å². The molecule has 0 amide bonds. The van der Waals surface area contributed by atoms with Gasteiger partial charge in [-0.1, -0.05) is 5.16 Å². The van der Waals surface area contributed by atoms with Crippen LogP contribution < -0.4 is 5.73 Å². The summed E-state index contributed by atoms with van der Waals surface area (Å²) in [7, 11) is 0. The zero-order valence-corrected chi connectivity index (χ0v) is 7.70. The first-order valence-electron chi connectivity index (χ1n) is 4.77. The topological polar surface area (TPSA) is 55.3 Å². The van der Waals surface area contributed by atoms with Crippen molar-refractivity contribution in [2.45, 2.75) is 19.3 Å². The average molecular weight is 181 g/mol. The molecule has 2 N–H and O–H groups in total. The molecule has 0 aliphatic carbocycles. The summed E-state index contributed by atoms with van der Waals surface area (Å²) in [5.41, 5.74) is 6.33. The molecule has 0 bridgehead atoms. The second kappa shape index (κ2) is 3.79. The molecule has 1 fully saturated rings. The number of anilines is 1. The highest BCUT2D eigenvalue weighted by molar-refractivity contribution is 5.37. The Bertz CT molecular complexity index is 266. The Labute approximate surface area is 77.7 Å². The van der Waals surface area contributed by atoms with Crippen LogP contribution in [0.15, 0.2) is 10.7 Å². The first-order chi connectivity index (χ1) is 6.36. The monoisotopic (exact) mass is 181 g/mol. The number of nitrogens with two attached hydrogens (primary N) is 1. The molecule has 0 aromatic carbocycles. The van der Waals surface area contributed by atoms with E-state index in [-0.39, 0.29) is 0 Å². The number of aromatic nitrogens is 1. The summed E-state index contributed by atoms with van der Waals surface area (Å²) in [5, 5.41) is 3.65. The van der Waals surface area contributed by atoms with Gasteiger partial charge >= 0.3 is 0 Å². The van der Waals surface area contributed by atoms with Crippen LogP contribution in [-0.2, 0) is 6.42 Å². The molecular weight excluding hydrogens is 166 g/mol. The third kappa shape index (κ3) is 2.01. The molecule has 0 saturated carbocycles. The van der Waals surface area contributed by atoms with Crippen molar-refractivity contribution in [3.63, 3.8) is 0 Å². The Morgan fingerprint density at radius 3 is 2.85 bits per heavy atom. The number of likely N-dealkylation sites (tertiary alicyclic amines) is 1. The first-order valence-corrected chi connectivity index (χ1v) is 4.77. The van der Waals surface area contributed by atoms with E-state index in [2.05, 4.69) is 10.1 Å². The van der Waals surface area contributed by atoms with Crippen LogP contribution in [0.1, 0.15) is 18.6 Å². The Kier molecular flexibility index (Phi) is 2.49. The number of nitrogen functional groups attached to an aromatic ring is 1. The van der Waals surface area contributed by atoms with E-state index >= 15 is 0 Å². The van der Waals surface area contributed by atoms with E-state index in [0.717, 1.165) is 18.7 Å². The number of hydrogen-bond donors (Lipinski definition) is 1. The molecule has 1 aliphatic heterocycles. The lowest BCUT2D eigenvalue weighted by molar-refractivity contribution is 0.315. The highest BCUT2D eigenvalue weighted by Gasteiger charge is 2.12. The molecule has 1 aromatic heterocycles. The highest BCUT2D eigenvalue weighted by atomic mass is 16.5. The van der Waals surface area contributed by atoms with Crippen molar-refractivity contribution < 1.29 is 4.52 Å². The van der Waals surface area contributed by atoms with E-state index in [1.165, 1.54) is 25.9 Å². The Balaban J connectivity index is 1.82. The third-order valence-corrected chi connectivity index (χ3v) is 2.53. The average Bonchev–Trinajstić information content (AvgIpc) is 2.72. The van der Waals surface area contributed by atoms with Gasteiger partial charge in [-0.15, -0.1) is 0 Å². The number of rotatable bonds is 3. The van der Waals surface area contributed by atoms with Crippen LogP contribution in [0, 0.1) is 0 Å². The van der Waals surface area contributed by atoms with Crippen LogP contribution in [0.5, 0.6) is 0 Å². The van der Waals surface area contributed by atoms with Crippen molar-refractivity contribution in [2.24, 2.45) is 0 Å². The third-order valence-electron chi connectivity index (χ3n) is 2.53. The van der Waals surface area contributed by atoms with Crippen LogP contribution >= 0.6 is 0 Å². The molecule has 1 saturated heterocycles. The summed E-state index contributed by atoms with van der Waals surface area (Å²) < 4.78 is 5.02. The maximum absolute atomic E-state index is 5.65. The summed E-state index contributed by atoms with van der Waals surface area (Å²) >= 11 is 0. The largest absolute Gasteiger partial charge is 0.395 e. The maximum Gasteiger partial charge on any atom is 0.160 e. The molecule has 13 heavy (non-hydrogen) atoms. The van der Waals surface area contributed by atoms with E-state index in [1.54, 1.807) is 6.20 Å². The van der Waals surface area contributed by atoms with E-state index in [1.807, 2.05) is 0 Å². The molecule has 4 heteroatoms. The molecule has 1 aromatic rings. The summed E-state index contributed by atoms with van der Waals surface area (Å²) in [6.45, 7) is 3.47. The van der Waals surface area contributed by atoms with Crippen molar-refractivity contribution in [3.8, 4) is 0 Å². The molecule has 0 unspecified atom stereocenters. The maximum atomic E-state index is 5.65. The zero-order chi connectivity index (χ0) is 9.10. The minimum Gasteiger partial charge on any atom is -0.395 e. The van der Waals surface area contributed by atoms with E-state index < -0.39 is 0 Å². The Morgan fingerprint density at radius 1 is 1.46 bits per heavy atom. The molecule has 0 atom stereocenters. The summed E-state index contributed by atoms with van der Waals surface area (Å²) in [5.74, 6) is 0.826. The van der Waals surface area contributed by atoms with Crippen LogP contribution in [-0.4, -0.2) is 29.7 Å². The summed E-state index contributed by atoms with van der Waals surface area (Å²) in [4.78, 5) is 2.43. The zero-order valence-electron chi connectivity index (χ0n) is 7.70. The van der Waals surface area contributed by atoms with Gasteiger partial charge in [-0.3, -0.25) is 0 Å². The van der Waals surface area contributed by atoms with Crippen LogP contribution in [0.25, 0.3) is 0 Å². The fraction of sp³-hybridized carbons (Fsp3) is 0.667. The van der Waals surface area contributed by atoms with Gasteiger partial charge in [0, 0.05) is 13.0 Å². The second-order valence-electron chi connectivity index (χ2n) is 3.50. The molecule has 0 spiro atoms. The van der Waals surface area contributed by atoms with E-state index in [9.17, 15) is 0 Å². The fourth-order valence-corrected chi connectivity index (χ4v) is 1.73. The smallest absolute Gasteiger partial charge is 0.160 e. The fourth-order valence-electron chi connectivity index (χ4n) is 1.73. The number of nitrogens with zero attached hydrogens (tertiary/aromatic N) is 2. The molecular formula is C9H15N3O. The van der Waals surface area contributed by atoms with Crippen molar-refractivity contribution >= 4 is 5.69 Å². The van der Waals surface area contributed by atoms with Crippen molar-refractivity contribution in [2.75, 3.05) is 25.4 Å². The van der Waals surface area contributed by atoms with Crippen molar-refractivity contribution in [3.05, 3.63) is 12.0 Å². The van der Waals surface area contributed by atoms with Gasteiger partial charge in [-0.25, -0.2) is 0 Å². The summed E-state index contributed by atoms with van der Waals surface area (Å²) in [6, 6.07) is 0. The molecule has 0 radical (unpaired) electrons. The Hall–Kier alpha value is -1.03. The van der Waals surface area contributed by atoms with Gasteiger partial charge in [0.25, 0.3) is 0 Å². The van der Waals surface area contributed by atoms with Gasteiger partial charge in [-0.05, 0) is 25.9 Å². The van der Waals surface area contributed by atoms with Crippen LogP contribution in [0.4, 0.5) is 5.69 Å². The standard InChI is InChI=1S/C9H15N3O/c10-8-7-11-13-9(8)3-6-12-4-1-2-5-12/h7H,1-6,10H2. The van der Waals surface area contributed by atoms with Gasteiger partial charge in [0.2, 0.25) is 0 Å². The normalized spacial score (nSPS) is 18.2. The molecule has 72 valence electrons. The SMILES string of the molecule is Nc1cnoc1CCN1CCCC1. The first kappa shape index (κ1) is 8.56. The van der Waals surface area contributed by atoms with Gasteiger partial charge in [-0.2, -0.15) is 0 Å². The predicted octanol–water partition coefficient (Wildman–Crippen LogP) is 0.895. The summed E-state index contributed by atoms with van der Waals surface area (Å²) in [6.07, 6.45) is 5.10. The van der Waals surface area contributed by atoms with Gasteiger partial charge < -0.3 is 15.2 Å². The predicted molar refractivity (Wildman–Crippen MR) is 50.3 cm³/mol. The lowest BCUT2D eigenvalue weighted by Crippen LogP contribution is -2.22. The number of hydrogen-bond acceptors (Lipinski definition) is 4. The minimum absolute atomic E-state index is 0.680.